The van der Waals surface area contributed by atoms with Gasteiger partial charge in [-0.3, -0.25) is 10.1 Å². The molecule has 0 heterocycles. The quantitative estimate of drug-likeness (QED) is 0.352. The van der Waals surface area contributed by atoms with Crippen LogP contribution in [0.15, 0.2) is 24.4 Å². The Hall–Kier alpha value is -2.57. The van der Waals surface area contributed by atoms with Crippen LogP contribution < -0.4 is 9.47 Å². The van der Waals surface area contributed by atoms with Crippen LogP contribution in [0, 0.1) is 10.1 Å². The number of carbonyl (C=O) groups is 1. The maximum absolute atomic E-state index is 11.2. The fourth-order valence-electron chi connectivity index (χ4n) is 1.26. The van der Waals surface area contributed by atoms with Gasteiger partial charge in [-0.2, -0.15) is 0 Å². The normalized spacial score (nSPS) is 10.2. The molecule has 0 aliphatic rings. The van der Waals surface area contributed by atoms with Crippen LogP contribution in [0.1, 0.15) is 12.5 Å². The van der Waals surface area contributed by atoms with Crippen molar-refractivity contribution in [2.24, 2.45) is 0 Å². The Bertz CT molecular complexity index is 497. The standard InChI is InChI=1S/C12H13NO6/c1-3-18-12(14)19-11-8-9(6-7-13(15)16)4-5-10(11)17-2/h4-8H,3H2,1-2H3/b7-6+. The minimum absolute atomic E-state index is 0.131. The zero-order chi connectivity index (χ0) is 14.3. The largest absolute Gasteiger partial charge is 0.513 e. The van der Waals surface area contributed by atoms with Crippen molar-refractivity contribution < 1.29 is 23.9 Å². The lowest BCUT2D eigenvalue weighted by molar-refractivity contribution is -0.400. The second-order valence-corrected chi connectivity index (χ2v) is 3.30. The van der Waals surface area contributed by atoms with Gasteiger partial charge in [0.2, 0.25) is 6.20 Å². The molecule has 1 rings (SSSR count). The number of ether oxygens (including phenoxy) is 3. The van der Waals surface area contributed by atoms with E-state index in [1.165, 1.54) is 25.3 Å². The van der Waals surface area contributed by atoms with E-state index in [2.05, 4.69) is 4.74 Å². The molecule has 19 heavy (non-hydrogen) atoms. The van der Waals surface area contributed by atoms with Crippen molar-refractivity contribution in [3.05, 3.63) is 40.1 Å². The van der Waals surface area contributed by atoms with Crippen LogP contribution in [0.2, 0.25) is 0 Å². The molecule has 7 heteroatoms. The molecular weight excluding hydrogens is 254 g/mol. The highest BCUT2D eigenvalue weighted by Crippen LogP contribution is 2.28. The summed E-state index contributed by atoms with van der Waals surface area (Å²) >= 11 is 0. The van der Waals surface area contributed by atoms with Crippen LogP contribution in [0.3, 0.4) is 0 Å². The molecule has 102 valence electrons. The first-order valence-corrected chi connectivity index (χ1v) is 5.41. The Balaban J connectivity index is 2.95. The first kappa shape index (κ1) is 14.5. The first-order chi connectivity index (χ1) is 9.06. The SMILES string of the molecule is CCOC(=O)Oc1cc(/C=C/[N+](=O)[O-])ccc1OC. The van der Waals surface area contributed by atoms with Gasteiger partial charge in [-0.05, 0) is 24.6 Å². The van der Waals surface area contributed by atoms with Crippen LogP contribution in [-0.2, 0) is 4.74 Å². The van der Waals surface area contributed by atoms with E-state index in [4.69, 9.17) is 9.47 Å². The van der Waals surface area contributed by atoms with E-state index >= 15 is 0 Å². The van der Waals surface area contributed by atoms with E-state index in [0.29, 0.717) is 11.3 Å². The highest BCUT2D eigenvalue weighted by atomic mass is 16.7. The van der Waals surface area contributed by atoms with E-state index in [1.807, 2.05) is 0 Å². The number of benzene rings is 1. The fraction of sp³-hybridized carbons (Fsp3) is 0.250. The predicted molar refractivity (Wildman–Crippen MR) is 66.7 cm³/mol. The van der Waals surface area contributed by atoms with Crippen LogP contribution in [-0.4, -0.2) is 24.8 Å². The average Bonchev–Trinajstić information content (AvgIpc) is 2.36. The molecule has 0 aliphatic carbocycles. The summed E-state index contributed by atoms with van der Waals surface area (Å²) in [6.45, 7) is 1.83. The van der Waals surface area contributed by atoms with Crippen molar-refractivity contribution in [3.8, 4) is 11.5 Å². The maximum atomic E-state index is 11.2. The average molecular weight is 267 g/mol. The third kappa shape index (κ3) is 4.66. The van der Waals surface area contributed by atoms with Gasteiger partial charge in [0.1, 0.15) is 0 Å². The van der Waals surface area contributed by atoms with Gasteiger partial charge >= 0.3 is 6.16 Å². The van der Waals surface area contributed by atoms with E-state index in [1.54, 1.807) is 13.0 Å². The van der Waals surface area contributed by atoms with Gasteiger partial charge in [0.25, 0.3) is 0 Å². The smallest absolute Gasteiger partial charge is 0.493 e. The summed E-state index contributed by atoms with van der Waals surface area (Å²) < 4.78 is 14.6. The molecule has 0 fully saturated rings. The van der Waals surface area contributed by atoms with Gasteiger partial charge in [-0.1, -0.05) is 6.07 Å². The predicted octanol–water partition coefficient (Wildman–Crippen LogP) is 2.48. The Morgan fingerprint density at radius 1 is 1.42 bits per heavy atom. The number of nitrogens with zero attached hydrogens (tertiary/aromatic N) is 1. The van der Waals surface area contributed by atoms with Gasteiger partial charge in [0.05, 0.1) is 18.6 Å². The minimum atomic E-state index is -0.865. The van der Waals surface area contributed by atoms with Gasteiger partial charge in [0.15, 0.2) is 11.5 Å². The number of nitro groups is 1. The molecule has 0 bridgehead atoms. The van der Waals surface area contributed by atoms with Crippen molar-refractivity contribution in [3.63, 3.8) is 0 Å². The Kier molecular flexibility index (Phi) is 5.34. The summed E-state index contributed by atoms with van der Waals surface area (Å²) in [5.74, 6) is 0.456. The highest BCUT2D eigenvalue weighted by Gasteiger charge is 2.11. The van der Waals surface area contributed by atoms with Crippen LogP contribution in [0.4, 0.5) is 4.79 Å². The summed E-state index contributed by atoms with van der Waals surface area (Å²) in [6.07, 6.45) is 1.20. The number of methoxy groups -OCH3 is 1. The summed E-state index contributed by atoms with van der Waals surface area (Å²) in [4.78, 5) is 20.9. The van der Waals surface area contributed by atoms with Gasteiger partial charge in [0, 0.05) is 6.08 Å². The Morgan fingerprint density at radius 2 is 2.16 bits per heavy atom. The Labute approximate surface area is 109 Å². The molecule has 0 spiro atoms. The number of hydrogen-bond acceptors (Lipinski definition) is 6. The molecule has 0 saturated carbocycles. The van der Waals surface area contributed by atoms with Crippen molar-refractivity contribution in [2.45, 2.75) is 6.92 Å². The fourth-order valence-corrected chi connectivity index (χ4v) is 1.26. The van der Waals surface area contributed by atoms with Gasteiger partial charge in [-0.15, -0.1) is 0 Å². The molecule has 0 radical (unpaired) electrons. The second-order valence-electron chi connectivity index (χ2n) is 3.30. The molecule has 0 atom stereocenters. The van der Waals surface area contributed by atoms with Crippen LogP contribution >= 0.6 is 0 Å². The number of carbonyl (C=O) groups excluding carboxylic acids is 1. The van der Waals surface area contributed by atoms with E-state index in [9.17, 15) is 14.9 Å². The lowest BCUT2D eigenvalue weighted by atomic mass is 10.2. The molecule has 0 aliphatic heterocycles. The number of hydrogen-bond donors (Lipinski definition) is 0. The monoisotopic (exact) mass is 267 g/mol. The molecule has 0 saturated heterocycles. The highest BCUT2D eigenvalue weighted by molar-refractivity contribution is 5.66. The van der Waals surface area contributed by atoms with Crippen molar-refractivity contribution in [1.29, 1.82) is 0 Å². The lowest BCUT2D eigenvalue weighted by Crippen LogP contribution is -2.10. The third-order valence-corrected chi connectivity index (χ3v) is 2.03. The van der Waals surface area contributed by atoms with E-state index < -0.39 is 11.1 Å². The first-order valence-electron chi connectivity index (χ1n) is 5.41. The van der Waals surface area contributed by atoms with Crippen molar-refractivity contribution in [2.75, 3.05) is 13.7 Å². The number of rotatable bonds is 5. The zero-order valence-corrected chi connectivity index (χ0v) is 10.5. The zero-order valence-electron chi connectivity index (χ0n) is 10.5. The summed E-state index contributed by atoms with van der Waals surface area (Å²) in [5, 5.41) is 10.2. The second kappa shape index (κ2) is 7.00. The summed E-state index contributed by atoms with van der Waals surface area (Å²) in [6, 6.07) is 4.57. The minimum Gasteiger partial charge on any atom is -0.493 e. The lowest BCUT2D eigenvalue weighted by Gasteiger charge is -2.09. The van der Waals surface area contributed by atoms with Gasteiger partial charge in [-0.25, -0.2) is 4.79 Å². The van der Waals surface area contributed by atoms with Gasteiger partial charge < -0.3 is 14.2 Å². The van der Waals surface area contributed by atoms with Crippen molar-refractivity contribution >= 4 is 12.2 Å². The van der Waals surface area contributed by atoms with Crippen molar-refractivity contribution in [1.82, 2.24) is 0 Å². The summed E-state index contributed by atoms with van der Waals surface area (Å²) in [5.41, 5.74) is 0.497. The van der Waals surface area contributed by atoms with Crippen LogP contribution in [0.25, 0.3) is 6.08 Å². The van der Waals surface area contributed by atoms with Crippen LogP contribution in [0.5, 0.6) is 11.5 Å². The van der Waals surface area contributed by atoms with E-state index in [0.717, 1.165) is 6.20 Å². The Morgan fingerprint density at radius 3 is 2.74 bits per heavy atom. The topological polar surface area (TPSA) is 87.9 Å². The summed E-state index contributed by atoms with van der Waals surface area (Å²) in [7, 11) is 1.42. The maximum Gasteiger partial charge on any atom is 0.513 e. The third-order valence-electron chi connectivity index (χ3n) is 2.03. The molecule has 0 N–H and O–H groups in total. The molecular formula is C12H13NO6. The molecule has 1 aromatic rings. The molecule has 0 aromatic heterocycles. The molecule has 0 unspecified atom stereocenters. The van der Waals surface area contributed by atoms with E-state index in [-0.39, 0.29) is 12.4 Å². The molecule has 7 nitrogen and oxygen atoms in total. The molecule has 0 amide bonds. The molecule has 1 aromatic carbocycles.